The largest absolute Gasteiger partial charge is 0.288 e. The van der Waals surface area contributed by atoms with E-state index in [9.17, 15) is 4.79 Å². The number of rotatable bonds is 3. The molecule has 0 radical (unpaired) electrons. The third-order valence-corrected chi connectivity index (χ3v) is 4.64. The van der Waals surface area contributed by atoms with Gasteiger partial charge in [0.25, 0.3) is 0 Å². The molecule has 84 valence electrons. The molecule has 0 fully saturated rings. The van der Waals surface area contributed by atoms with Gasteiger partial charge in [0.1, 0.15) is 0 Å². The van der Waals surface area contributed by atoms with Gasteiger partial charge in [0.05, 0.1) is 4.88 Å². The van der Waals surface area contributed by atoms with Crippen molar-refractivity contribution in [2.24, 2.45) is 0 Å². The van der Waals surface area contributed by atoms with Crippen LogP contribution in [0.5, 0.6) is 0 Å². The number of aryl methyl sites for hydroxylation is 2. The van der Waals surface area contributed by atoms with Gasteiger partial charge in [0, 0.05) is 15.3 Å². The Morgan fingerprint density at radius 3 is 2.62 bits per heavy atom. The van der Waals surface area contributed by atoms with Crippen molar-refractivity contribution >= 4 is 28.5 Å². The fourth-order valence-electron chi connectivity index (χ4n) is 1.98. The Labute approximate surface area is 104 Å². The summed E-state index contributed by atoms with van der Waals surface area (Å²) in [6.07, 6.45) is 0.933. The number of carbonyl (C=O) groups is 1. The number of hydrogen-bond donors (Lipinski definition) is 0. The van der Waals surface area contributed by atoms with Crippen molar-refractivity contribution in [2.45, 2.75) is 27.2 Å². The van der Waals surface area contributed by atoms with Crippen molar-refractivity contribution in [2.75, 3.05) is 0 Å². The summed E-state index contributed by atoms with van der Waals surface area (Å²) in [5.41, 5.74) is 2.16. The normalized spacial score (nSPS) is 10.7. The Morgan fingerprint density at radius 2 is 2.06 bits per heavy atom. The highest BCUT2D eigenvalue weighted by Gasteiger charge is 2.20. The molecule has 2 aromatic heterocycles. The van der Waals surface area contributed by atoms with Gasteiger partial charge < -0.3 is 0 Å². The molecule has 0 spiro atoms. The minimum absolute atomic E-state index is 0.189. The molecule has 2 aromatic rings. The lowest BCUT2D eigenvalue weighted by molar-refractivity contribution is 0.104. The quantitative estimate of drug-likeness (QED) is 0.745. The second kappa shape index (κ2) is 4.52. The molecule has 0 aromatic carbocycles. The van der Waals surface area contributed by atoms with Crippen molar-refractivity contribution in [3.8, 4) is 0 Å². The lowest BCUT2D eigenvalue weighted by Gasteiger charge is -2.02. The first-order valence-electron chi connectivity index (χ1n) is 5.32. The van der Waals surface area contributed by atoms with E-state index in [1.807, 2.05) is 24.4 Å². The van der Waals surface area contributed by atoms with Crippen LogP contribution in [0.2, 0.25) is 0 Å². The molecular weight excluding hydrogens is 236 g/mol. The van der Waals surface area contributed by atoms with Gasteiger partial charge in [-0.05, 0) is 37.3 Å². The SMILES string of the molecule is CCc1c(C)sc(C)c1C(=O)c1cccs1. The zero-order chi connectivity index (χ0) is 11.7. The maximum atomic E-state index is 12.3. The number of carbonyl (C=O) groups excluding carboxylic acids is 1. The van der Waals surface area contributed by atoms with Crippen LogP contribution in [-0.4, -0.2) is 5.78 Å². The zero-order valence-electron chi connectivity index (χ0n) is 9.66. The van der Waals surface area contributed by atoms with Crippen LogP contribution >= 0.6 is 22.7 Å². The minimum atomic E-state index is 0.189. The fourth-order valence-corrected chi connectivity index (χ4v) is 3.80. The fraction of sp³-hybridized carbons (Fsp3) is 0.308. The summed E-state index contributed by atoms with van der Waals surface area (Å²) in [6, 6.07) is 3.83. The van der Waals surface area contributed by atoms with E-state index in [1.165, 1.54) is 21.8 Å². The summed E-state index contributed by atoms with van der Waals surface area (Å²) in [5.74, 6) is 0.189. The summed E-state index contributed by atoms with van der Waals surface area (Å²) in [7, 11) is 0. The highest BCUT2D eigenvalue weighted by Crippen LogP contribution is 2.30. The van der Waals surface area contributed by atoms with Crippen molar-refractivity contribution in [3.63, 3.8) is 0 Å². The average molecular weight is 250 g/mol. The highest BCUT2D eigenvalue weighted by atomic mass is 32.1. The van der Waals surface area contributed by atoms with Gasteiger partial charge >= 0.3 is 0 Å². The van der Waals surface area contributed by atoms with Crippen LogP contribution in [0.4, 0.5) is 0 Å². The summed E-state index contributed by atoms with van der Waals surface area (Å²) in [4.78, 5) is 15.6. The van der Waals surface area contributed by atoms with Crippen LogP contribution in [0.1, 0.15) is 37.5 Å². The Balaban J connectivity index is 2.52. The molecule has 0 aliphatic carbocycles. The molecule has 3 heteroatoms. The number of hydrogen-bond acceptors (Lipinski definition) is 3. The molecule has 0 aliphatic rings. The van der Waals surface area contributed by atoms with Crippen molar-refractivity contribution in [3.05, 3.63) is 43.3 Å². The van der Waals surface area contributed by atoms with Crippen molar-refractivity contribution < 1.29 is 4.79 Å². The molecule has 0 saturated carbocycles. The second-order valence-corrected chi connectivity index (χ2v) is 6.10. The molecule has 0 bridgehead atoms. The molecule has 0 aliphatic heterocycles. The van der Waals surface area contributed by atoms with Crippen molar-refractivity contribution in [1.82, 2.24) is 0 Å². The predicted molar refractivity (Wildman–Crippen MR) is 70.9 cm³/mol. The van der Waals surface area contributed by atoms with Gasteiger partial charge in [-0.3, -0.25) is 4.79 Å². The van der Waals surface area contributed by atoms with Gasteiger partial charge in [-0.25, -0.2) is 0 Å². The lowest BCUT2D eigenvalue weighted by atomic mass is 10.0. The predicted octanol–water partition coefficient (Wildman–Crippen LogP) is 4.22. The molecule has 1 nitrogen and oxygen atoms in total. The van der Waals surface area contributed by atoms with E-state index in [4.69, 9.17) is 0 Å². The molecule has 0 saturated heterocycles. The Kier molecular flexibility index (Phi) is 3.26. The summed E-state index contributed by atoms with van der Waals surface area (Å²) in [5, 5.41) is 1.95. The van der Waals surface area contributed by atoms with Gasteiger partial charge in [0.15, 0.2) is 0 Å². The Hall–Kier alpha value is -0.930. The maximum Gasteiger partial charge on any atom is 0.204 e. The molecule has 0 unspecified atom stereocenters. The molecule has 0 atom stereocenters. The topological polar surface area (TPSA) is 17.1 Å². The minimum Gasteiger partial charge on any atom is -0.288 e. The van der Waals surface area contributed by atoms with E-state index in [2.05, 4.69) is 13.8 Å². The van der Waals surface area contributed by atoms with E-state index in [1.54, 1.807) is 11.3 Å². The van der Waals surface area contributed by atoms with E-state index in [0.29, 0.717) is 0 Å². The average Bonchev–Trinajstić information content (AvgIpc) is 2.84. The van der Waals surface area contributed by atoms with Crippen LogP contribution in [0.15, 0.2) is 17.5 Å². The standard InChI is InChI=1S/C13H14OS2/c1-4-10-8(2)16-9(3)12(10)13(14)11-6-5-7-15-11/h5-7H,4H2,1-3H3. The van der Waals surface area contributed by atoms with Gasteiger partial charge in [0.2, 0.25) is 5.78 Å². The second-order valence-electron chi connectivity index (χ2n) is 3.73. The molecule has 2 rings (SSSR count). The zero-order valence-corrected chi connectivity index (χ0v) is 11.3. The third-order valence-electron chi connectivity index (χ3n) is 2.71. The van der Waals surface area contributed by atoms with Crippen LogP contribution < -0.4 is 0 Å². The maximum absolute atomic E-state index is 12.3. The summed E-state index contributed by atoms with van der Waals surface area (Å²) < 4.78 is 0. The monoisotopic (exact) mass is 250 g/mol. The first kappa shape index (κ1) is 11.6. The van der Waals surface area contributed by atoms with E-state index in [0.717, 1.165) is 21.7 Å². The molecule has 16 heavy (non-hydrogen) atoms. The molecule has 2 heterocycles. The smallest absolute Gasteiger partial charge is 0.204 e. The van der Waals surface area contributed by atoms with Crippen molar-refractivity contribution in [1.29, 1.82) is 0 Å². The summed E-state index contributed by atoms with van der Waals surface area (Å²) >= 11 is 3.25. The Morgan fingerprint density at radius 1 is 1.31 bits per heavy atom. The van der Waals surface area contributed by atoms with Gasteiger partial charge in [-0.1, -0.05) is 13.0 Å². The molecule has 0 N–H and O–H groups in total. The lowest BCUT2D eigenvalue weighted by Crippen LogP contribution is -2.02. The number of ketones is 1. The van der Waals surface area contributed by atoms with Crippen LogP contribution in [0.3, 0.4) is 0 Å². The van der Waals surface area contributed by atoms with Crippen LogP contribution in [0.25, 0.3) is 0 Å². The number of thiophene rings is 2. The van der Waals surface area contributed by atoms with E-state index in [-0.39, 0.29) is 5.78 Å². The first-order valence-corrected chi connectivity index (χ1v) is 7.01. The van der Waals surface area contributed by atoms with Gasteiger partial charge in [-0.15, -0.1) is 22.7 Å². The Bertz CT molecular complexity index is 506. The van der Waals surface area contributed by atoms with Gasteiger partial charge in [-0.2, -0.15) is 0 Å². The van der Waals surface area contributed by atoms with E-state index < -0.39 is 0 Å². The molecular formula is C13H14OS2. The van der Waals surface area contributed by atoms with Crippen LogP contribution in [0, 0.1) is 13.8 Å². The first-order chi connectivity index (χ1) is 7.65. The molecule has 0 amide bonds. The third kappa shape index (κ3) is 1.85. The highest BCUT2D eigenvalue weighted by molar-refractivity contribution is 7.13. The van der Waals surface area contributed by atoms with Crippen LogP contribution in [-0.2, 0) is 6.42 Å². The van der Waals surface area contributed by atoms with E-state index >= 15 is 0 Å². The summed E-state index contributed by atoms with van der Waals surface area (Å²) in [6.45, 7) is 6.25.